The molecule has 0 aliphatic heterocycles. The molecule has 1 heterocycles. The van der Waals surface area contributed by atoms with Crippen molar-refractivity contribution in [1.29, 1.82) is 0 Å². The van der Waals surface area contributed by atoms with Gasteiger partial charge in [-0.2, -0.15) is 4.98 Å². The predicted octanol–water partition coefficient (Wildman–Crippen LogP) is 2.06. The molecule has 5 nitrogen and oxygen atoms in total. The number of nitrogens with zero attached hydrogens (tertiary/aromatic N) is 2. The van der Waals surface area contributed by atoms with Crippen molar-refractivity contribution in [3.8, 4) is 0 Å². The maximum atomic E-state index is 5.58. The highest BCUT2D eigenvalue weighted by Gasteiger charge is 2.17. The second-order valence-electron chi connectivity index (χ2n) is 3.56. The van der Waals surface area contributed by atoms with E-state index in [1.807, 2.05) is 13.8 Å². The molecule has 1 atom stereocenters. The molecular weight excluding hydrogens is 206 g/mol. The number of rotatable bonds is 8. The maximum Gasteiger partial charge on any atom is 0.240 e. The van der Waals surface area contributed by atoms with Gasteiger partial charge in [0.2, 0.25) is 11.7 Å². The Hall–Kier alpha value is -0.940. The van der Waals surface area contributed by atoms with Crippen molar-refractivity contribution >= 4 is 0 Å². The minimum Gasteiger partial charge on any atom is -0.370 e. The molecule has 1 aromatic heterocycles. The van der Waals surface area contributed by atoms with Crippen LogP contribution in [0.25, 0.3) is 0 Å². The van der Waals surface area contributed by atoms with Crippen LogP contribution in [-0.2, 0) is 11.3 Å². The van der Waals surface area contributed by atoms with Gasteiger partial charge in [0.05, 0.1) is 6.54 Å². The molecule has 0 saturated heterocycles. The van der Waals surface area contributed by atoms with E-state index < -0.39 is 0 Å². The average Bonchev–Trinajstić information content (AvgIpc) is 2.74. The lowest BCUT2D eigenvalue weighted by atomic mass is 10.2. The summed E-state index contributed by atoms with van der Waals surface area (Å²) in [7, 11) is 0. The maximum absolute atomic E-state index is 5.58. The first-order chi connectivity index (χ1) is 7.81. The van der Waals surface area contributed by atoms with Crippen molar-refractivity contribution in [3.05, 3.63) is 11.7 Å². The molecule has 0 bridgehead atoms. The third-order valence-corrected chi connectivity index (χ3v) is 2.22. The third kappa shape index (κ3) is 3.90. The Morgan fingerprint density at radius 3 is 2.81 bits per heavy atom. The van der Waals surface area contributed by atoms with Crippen LogP contribution in [0.4, 0.5) is 0 Å². The van der Waals surface area contributed by atoms with Crippen LogP contribution in [0.15, 0.2) is 4.52 Å². The van der Waals surface area contributed by atoms with Crippen molar-refractivity contribution < 1.29 is 9.26 Å². The van der Waals surface area contributed by atoms with Crippen LogP contribution < -0.4 is 5.32 Å². The Kier molecular flexibility index (Phi) is 6.03. The zero-order chi connectivity index (χ0) is 11.8. The van der Waals surface area contributed by atoms with Crippen molar-refractivity contribution in [2.24, 2.45) is 0 Å². The van der Waals surface area contributed by atoms with Gasteiger partial charge in [-0.05, 0) is 19.9 Å². The van der Waals surface area contributed by atoms with Crippen LogP contribution in [0.2, 0.25) is 0 Å². The Morgan fingerprint density at radius 1 is 1.38 bits per heavy atom. The Balaban J connectivity index is 2.58. The minimum absolute atomic E-state index is 0.0332. The Morgan fingerprint density at radius 2 is 2.19 bits per heavy atom. The molecule has 16 heavy (non-hydrogen) atoms. The molecule has 0 fully saturated rings. The van der Waals surface area contributed by atoms with Gasteiger partial charge in [0, 0.05) is 6.61 Å². The fourth-order valence-electron chi connectivity index (χ4n) is 1.45. The van der Waals surface area contributed by atoms with Gasteiger partial charge < -0.3 is 14.6 Å². The number of nitrogens with one attached hydrogen (secondary N) is 1. The van der Waals surface area contributed by atoms with E-state index in [9.17, 15) is 0 Å². The van der Waals surface area contributed by atoms with E-state index >= 15 is 0 Å². The van der Waals surface area contributed by atoms with Crippen molar-refractivity contribution in [1.82, 2.24) is 15.5 Å². The Bertz CT molecular complexity index is 283. The van der Waals surface area contributed by atoms with E-state index in [0.717, 1.165) is 19.4 Å². The second-order valence-corrected chi connectivity index (χ2v) is 3.56. The molecule has 1 rings (SSSR count). The largest absolute Gasteiger partial charge is 0.370 e. The number of hydrogen-bond donors (Lipinski definition) is 1. The summed E-state index contributed by atoms with van der Waals surface area (Å²) >= 11 is 0. The van der Waals surface area contributed by atoms with Gasteiger partial charge in [0.1, 0.15) is 6.10 Å². The van der Waals surface area contributed by atoms with E-state index in [1.54, 1.807) is 0 Å². The highest BCUT2D eigenvalue weighted by Crippen LogP contribution is 2.19. The molecule has 0 aliphatic carbocycles. The van der Waals surface area contributed by atoms with Crippen molar-refractivity contribution in [2.45, 2.75) is 46.3 Å². The summed E-state index contributed by atoms with van der Waals surface area (Å²) in [5, 5.41) is 7.10. The van der Waals surface area contributed by atoms with Gasteiger partial charge >= 0.3 is 0 Å². The second kappa shape index (κ2) is 7.35. The van der Waals surface area contributed by atoms with Crippen LogP contribution in [0.3, 0.4) is 0 Å². The van der Waals surface area contributed by atoms with Gasteiger partial charge in [-0.15, -0.1) is 0 Å². The molecule has 5 heteroatoms. The fourth-order valence-corrected chi connectivity index (χ4v) is 1.45. The molecule has 1 N–H and O–H groups in total. The Labute approximate surface area is 96.6 Å². The third-order valence-electron chi connectivity index (χ3n) is 2.22. The summed E-state index contributed by atoms with van der Waals surface area (Å²) in [5.74, 6) is 1.29. The molecule has 1 unspecified atom stereocenters. The summed E-state index contributed by atoms with van der Waals surface area (Å²) in [6.07, 6.45) is 1.93. The van der Waals surface area contributed by atoms with Crippen molar-refractivity contribution in [2.75, 3.05) is 13.2 Å². The molecule has 0 aliphatic rings. The SMILES string of the molecule is CCCC(OCC)c1noc(CNCC)n1. The first kappa shape index (κ1) is 13.1. The number of aromatic nitrogens is 2. The molecule has 0 saturated carbocycles. The summed E-state index contributed by atoms with van der Waals surface area (Å²) in [5.41, 5.74) is 0. The van der Waals surface area contributed by atoms with Crippen LogP contribution in [-0.4, -0.2) is 23.3 Å². The summed E-state index contributed by atoms with van der Waals surface area (Å²) in [6.45, 7) is 8.31. The lowest BCUT2D eigenvalue weighted by Gasteiger charge is -2.11. The van der Waals surface area contributed by atoms with Crippen LogP contribution in [0.1, 0.15) is 51.4 Å². The van der Waals surface area contributed by atoms with Gasteiger partial charge in [-0.3, -0.25) is 0 Å². The first-order valence-corrected chi connectivity index (χ1v) is 5.96. The van der Waals surface area contributed by atoms with Gasteiger partial charge in [-0.25, -0.2) is 0 Å². The molecule has 0 aromatic carbocycles. The lowest BCUT2D eigenvalue weighted by molar-refractivity contribution is 0.0477. The molecule has 0 radical (unpaired) electrons. The monoisotopic (exact) mass is 227 g/mol. The standard InChI is InChI=1S/C11H21N3O2/c1-4-7-9(15-6-3)11-13-10(16-14-11)8-12-5-2/h9,12H,4-8H2,1-3H3. The normalized spacial score (nSPS) is 12.9. The smallest absolute Gasteiger partial charge is 0.240 e. The number of hydrogen-bond acceptors (Lipinski definition) is 5. The average molecular weight is 227 g/mol. The number of ether oxygens (including phenoxy) is 1. The van der Waals surface area contributed by atoms with Crippen LogP contribution in [0.5, 0.6) is 0 Å². The van der Waals surface area contributed by atoms with Crippen molar-refractivity contribution in [3.63, 3.8) is 0 Å². The predicted molar refractivity (Wildman–Crippen MR) is 61.0 cm³/mol. The van der Waals surface area contributed by atoms with Crippen LogP contribution >= 0.6 is 0 Å². The van der Waals surface area contributed by atoms with Gasteiger partial charge in [0.25, 0.3) is 0 Å². The fraction of sp³-hybridized carbons (Fsp3) is 0.818. The van der Waals surface area contributed by atoms with E-state index in [-0.39, 0.29) is 6.10 Å². The van der Waals surface area contributed by atoms with Gasteiger partial charge in [-0.1, -0.05) is 25.4 Å². The summed E-state index contributed by atoms with van der Waals surface area (Å²) < 4.78 is 10.7. The molecule has 0 amide bonds. The zero-order valence-corrected chi connectivity index (χ0v) is 10.3. The van der Waals surface area contributed by atoms with E-state index in [0.29, 0.717) is 24.9 Å². The molecule has 92 valence electrons. The molecule has 1 aromatic rings. The quantitative estimate of drug-likeness (QED) is 0.736. The van der Waals surface area contributed by atoms with E-state index in [1.165, 1.54) is 0 Å². The first-order valence-electron chi connectivity index (χ1n) is 5.96. The molecular formula is C11H21N3O2. The lowest BCUT2D eigenvalue weighted by Crippen LogP contribution is -2.12. The van der Waals surface area contributed by atoms with E-state index in [4.69, 9.17) is 9.26 Å². The minimum atomic E-state index is -0.0332. The highest BCUT2D eigenvalue weighted by molar-refractivity contribution is 4.91. The van der Waals surface area contributed by atoms with E-state index in [2.05, 4.69) is 22.4 Å². The van der Waals surface area contributed by atoms with Gasteiger partial charge in [0.15, 0.2) is 0 Å². The summed E-state index contributed by atoms with van der Waals surface area (Å²) in [6, 6.07) is 0. The zero-order valence-electron chi connectivity index (χ0n) is 10.3. The topological polar surface area (TPSA) is 60.2 Å². The van der Waals surface area contributed by atoms with Crippen LogP contribution in [0, 0.1) is 0 Å². The molecule has 0 spiro atoms. The highest BCUT2D eigenvalue weighted by atomic mass is 16.5. The summed E-state index contributed by atoms with van der Waals surface area (Å²) in [4.78, 5) is 4.32.